The Bertz CT molecular complexity index is 718. The molecule has 1 heterocycles. The zero-order chi connectivity index (χ0) is 19.3. The molecule has 1 aliphatic rings. The highest BCUT2D eigenvalue weighted by molar-refractivity contribution is 7.91. The molecule has 1 saturated heterocycles. The van der Waals surface area contributed by atoms with Crippen LogP contribution in [0.1, 0.15) is 31.4 Å². The summed E-state index contributed by atoms with van der Waals surface area (Å²) in [7, 11) is 0.970. The van der Waals surface area contributed by atoms with Gasteiger partial charge in [0.1, 0.15) is 0 Å². The van der Waals surface area contributed by atoms with Gasteiger partial charge in [0.25, 0.3) is 0 Å². The van der Waals surface area contributed by atoms with Gasteiger partial charge in [0, 0.05) is 25.2 Å². The van der Waals surface area contributed by atoms with Crippen molar-refractivity contribution in [2.75, 3.05) is 32.1 Å². The molecule has 146 valence electrons. The van der Waals surface area contributed by atoms with Crippen molar-refractivity contribution in [1.82, 2.24) is 15.1 Å². The standard InChI is InChI=1S/C19H31N3O3S/c1-15(2)21(3)12-17-8-6-5-7-16(17)11-20-19(23)13-22(4)18-9-10-26(24,25)14-18/h5-8,15,18H,9-14H2,1-4H3,(H,20,23). The molecule has 0 radical (unpaired) electrons. The van der Waals surface area contributed by atoms with Crippen LogP contribution in [0, 0.1) is 0 Å². The third-order valence-electron chi connectivity index (χ3n) is 5.12. The Hall–Kier alpha value is -1.44. The lowest BCUT2D eigenvalue weighted by Crippen LogP contribution is -2.41. The van der Waals surface area contributed by atoms with Crippen LogP contribution in [0.25, 0.3) is 0 Å². The Morgan fingerprint density at radius 3 is 2.46 bits per heavy atom. The van der Waals surface area contributed by atoms with Gasteiger partial charge < -0.3 is 5.32 Å². The van der Waals surface area contributed by atoms with Crippen molar-refractivity contribution in [2.24, 2.45) is 0 Å². The van der Waals surface area contributed by atoms with Gasteiger partial charge in [-0.15, -0.1) is 0 Å². The number of rotatable bonds is 8. The van der Waals surface area contributed by atoms with Crippen LogP contribution in [0.5, 0.6) is 0 Å². The van der Waals surface area contributed by atoms with E-state index in [4.69, 9.17) is 0 Å². The molecular weight excluding hydrogens is 350 g/mol. The van der Waals surface area contributed by atoms with Crippen molar-refractivity contribution in [3.8, 4) is 0 Å². The second-order valence-corrected chi connectivity index (χ2v) is 9.75. The van der Waals surface area contributed by atoms with Crippen molar-refractivity contribution < 1.29 is 13.2 Å². The Morgan fingerprint density at radius 1 is 1.23 bits per heavy atom. The Kier molecular flexibility index (Phi) is 7.20. The fourth-order valence-corrected chi connectivity index (χ4v) is 4.87. The molecule has 2 rings (SSSR count). The third kappa shape index (κ3) is 6.07. The predicted molar refractivity (Wildman–Crippen MR) is 105 cm³/mol. The number of hydrogen-bond donors (Lipinski definition) is 1. The molecule has 26 heavy (non-hydrogen) atoms. The van der Waals surface area contributed by atoms with E-state index in [2.05, 4.69) is 37.2 Å². The first-order valence-corrected chi connectivity index (χ1v) is 10.9. The zero-order valence-corrected chi connectivity index (χ0v) is 17.1. The van der Waals surface area contributed by atoms with E-state index in [1.54, 1.807) is 0 Å². The number of carbonyl (C=O) groups excluding carboxylic acids is 1. The summed E-state index contributed by atoms with van der Waals surface area (Å²) in [6.07, 6.45) is 0.608. The Labute approximate surface area is 157 Å². The summed E-state index contributed by atoms with van der Waals surface area (Å²) >= 11 is 0. The maximum atomic E-state index is 12.3. The van der Waals surface area contributed by atoms with E-state index in [9.17, 15) is 13.2 Å². The molecule has 1 amide bonds. The van der Waals surface area contributed by atoms with Crippen LogP contribution in [0.2, 0.25) is 0 Å². The number of likely N-dealkylation sites (N-methyl/N-ethyl adjacent to an activating group) is 1. The molecule has 0 aromatic heterocycles. The van der Waals surface area contributed by atoms with Crippen molar-refractivity contribution in [3.63, 3.8) is 0 Å². The lowest BCUT2D eigenvalue weighted by molar-refractivity contribution is -0.122. The first-order valence-electron chi connectivity index (χ1n) is 9.12. The summed E-state index contributed by atoms with van der Waals surface area (Å²) in [5.74, 6) is 0.297. The maximum Gasteiger partial charge on any atom is 0.234 e. The molecule has 1 aromatic rings. The molecule has 1 fully saturated rings. The van der Waals surface area contributed by atoms with E-state index in [0.29, 0.717) is 19.0 Å². The highest BCUT2D eigenvalue weighted by Gasteiger charge is 2.31. The molecule has 0 saturated carbocycles. The summed E-state index contributed by atoms with van der Waals surface area (Å²) in [6.45, 7) is 5.85. The predicted octanol–water partition coefficient (Wildman–Crippen LogP) is 1.26. The second kappa shape index (κ2) is 8.97. The molecule has 1 aromatic carbocycles. The molecule has 1 unspecified atom stereocenters. The number of benzene rings is 1. The average Bonchev–Trinajstić information content (AvgIpc) is 2.94. The summed E-state index contributed by atoms with van der Waals surface area (Å²) in [4.78, 5) is 16.4. The van der Waals surface area contributed by atoms with Gasteiger partial charge in [0.2, 0.25) is 5.91 Å². The van der Waals surface area contributed by atoms with E-state index in [0.717, 1.165) is 12.1 Å². The number of hydrogen-bond acceptors (Lipinski definition) is 5. The first kappa shape index (κ1) is 20.9. The minimum Gasteiger partial charge on any atom is -0.351 e. The Morgan fingerprint density at radius 2 is 1.88 bits per heavy atom. The van der Waals surface area contributed by atoms with E-state index in [1.165, 1.54) is 5.56 Å². The fourth-order valence-electron chi connectivity index (χ4n) is 3.06. The van der Waals surface area contributed by atoms with Crippen molar-refractivity contribution >= 4 is 15.7 Å². The molecular formula is C19H31N3O3S. The molecule has 1 atom stereocenters. The quantitative estimate of drug-likeness (QED) is 0.734. The highest BCUT2D eigenvalue weighted by Crippen LogP contribution is 2.16. The largest absolute Gasteiger partial charge is 0.351 e. The molecule has 0 aliphatic carbocycles. The molecule has 0 spiro atoms. The van der Waals surface area contributed by atoms with Crippen LogP contribution >= 0.6 is 0 Å². The maximum absolute atomic E-state index is 12.3. The van der Waals surface area contributed by atoms with E-state index < -0.39 is 9.84 Å². The van der Waals surface area contributed by atoms with Crippen molar-refractivity contribution in [2.45, 2.75) is 45.4 Å². The van der Waals surface area contributed by atoms with E-state index in [1.807, 2.05) is 30.1 Å². The average molecular weight is 382 g/mol. The van der Waals surface area contributed by atoms with Gasteiger partial charge in [-0.05, 0) is 45.5 Å². The highest BCUT2D eigenvalue weighted by atomic mass is 32.2. The number of carbonyl (C=O) groups is 1. The summed E-state index contributed by atoms with van der Waals surface area (Å²) in [5, 5.41) is 2.97. The molecule has 1 aliphatic heterocycles. The molecule has 0 bridgehead atoms. The van der Waals surface area contributed by atoms with Crippen LogP contribution < -0.4 is 5.32 Å². The van der Waals surface area contributed by atoms with Gasteiger partial charge in [0.05, 0.1) is 18.1 Å². The lowest BCUT2D eigenvalue weighted by atomic mass is 10.1. The minimum atomic E-state index is -2.93. The number of sulfone groups is 1. The van der Waals surface area contributed by atoms with Crippen molar-refractivity contribution in [3.05, 3.63) is 35.4 Å². The van der Waals surface area contributed by atoms with Crippen LogP contribution in [-0.2, 0) is 27.7 Å². The molecule has 1 N–H and O–H groups in total. The summed E-state index contributed by atoms with van der Waals surface area (Å²) in [5.41, 5.74) is 2.32. The first-order chi connectivity index (χ1) is 12.2. The van der Waals surface area contributed by atoms with Gasteiger partial charge >= 0.3 is 0 Å². The molecule has 6 nitrogen and oxygen atoms in total. The van der Waals surface area contributed by atoms with E-state index >= 15 is 0 Å². The van der Waals surface area contributed by atoms with Gasteiger partial charge in [0.15, 0.2) is 9.84 Å². The number of nitrogens with zero attached hydrogens (tertiary/aromatic N) is 2. The zero-order valence-electron chi connectivity index (χ0n) is 16.2. The van der Waals surface area contributed by atoms with Gasteiger partial charge in [-0.25, -0.2) is 8.42 Å². The van der Waals surface area contributed by atoms with Crippen molar-refractivity contribution in [1.29, 1.82) is 0 Å². The summed E-state index contributed by atoms with van der Waals surface area (Å²) < 4.78 is 23.2. The molecule has 7 heteroatoms. The van der Waals surface area contributed by atoms with Gasteiger partial charge in [-0.2, -0.15) is 0 Å². The second-order valence-electron chi connectivity index (χ2n) is 7.53. The minimum absolute atomic E-state index is 0.0577. The van der Waals surface area contributed by atoms with E-state index in [-0.39, 0.29) is 30.0 Å². The van der Waals surface area contributed by atoms with Crippen LogP contribution in [-0.4, -0.2) is 68.4 Å². The smallest absolute Gasteiger partial charge is 0.234 e. The van der Waals surface area contributed by atoms with Crippen LogP contribution in [0.15, 0.2) is 24.3 Å². The SMILES string of the molecule is CC(C)N(C)Cc1ccccc1CNC(=O)CN(C)C1CCS(=O)(=O)C1. The monoisotopic (exact) mass is 381 g/mol. The topological polar surface area (TPSA) is 69.7 Å². The fraction of sp³-hybridized carbons (Fsp3) is 0.632. The number of nitrogens with one attached hydrogen (secondary N) is 1. The summed E-state index contributed by atoms with van der Waals surface area (Å²) in [6, 6.07) is 8.53. The number of amides is 1. The Balaban J connectivity index is 1.87. The van der Waals surface area contributed by atoms with Crippen LogP contribution in [0.3, 0.4) is 0 Å². The lowest BCUT2D eigenvalue weighted by Gasteiger charge is -2.23. The van der Waals surface area contributed by atoms with Gasteiger partial charge in [-0.1, -0.05) is 24.3 Å². The third-order valence-corrected chi connectivity index (χ3v) is 6.87. The van der Waals surface area contributed by atoms with Gasteiger partial charge in [-0.3, -0.25) is 14.6 Å². The normalized spacial score (nSPS) is 19.4. The van der Waals surface area contributed by atoms with Crippen LogP contribution in [0.4, 0.5) is 0 Å².